The van der Waals surface area contributed by atoms with E-state index in [4.69, 9.17) is 5.11 Å². The summed E-state index contributed by atoms with van der Waals surface area (Å²) >= 11 is 0. The molecule has 1 aliphatic heterocycles. The third-order valence-corrected chi connectivity index (χ3v) is 3.58. The van der Waals surface area contributed by atoms with Crippen LogP contribution in [0.5, 0.6) is 0 Å². The summed E-state index contributed by atoms with van der Waals surface area (Å²) in [7, 11) is 1.80. The van der Waals surface area contributed by atoms with Crippen LogP contribution in [-0.4, -0.2) is 46.5 Å². The van der Waals surface area contributed by atoms with Crippen molar-refractivity contribution >= 4 is 34.3 Å². The van der Waals surface area contributed by atoms with Gasteiger partial charge in [0.05, 0.1) is 12.1 Å². The van der Waals surface area contributed by atoms with Crippen LogP contribution in [0.1, 0.15) is 6.42 Å². The second-order valence-electron chi connectivity index (χ2n) is 5.08. The first-order valence-electron chi connectivity index (χ1n) is 7.03. The van der Waals surface area contributed by atoms with Crippen molar-refractivity contribution in [3.05, 3.63) is 18.2 Å². The number of nitrogens with one attached hydrogen (secondary N) is 2. The summed E-state index contributed by atoms with van der Waals surface area (Å²) in [5, 5.41) is 19.5. The molecule has 8 heteroatoms. The molecule has 2 aromatic rings. The number of nitrogens with zero attached hydrogens (tertiary/aromatic N) is 3. The van der Waals surface area contributed by atoms with Gasteiger partial charge in [0.25, 0.3) is 0 Å². The van der Waals surface area contributed by atoms with E-state index in [2.05, 4.69) is 15.7 Å². The molecule has 3 N–H and O–H groups in total. The highest BCUT2D eigenvalue weighted by molar-refractivity contribution is 6.09. The zero-order valence-electron chi connectivity index (χ0n) is 12.2. The molecule has 1 fully saturated rings. The number of hydrogen-bond acceptors (Lipinski definition) is 5. The van der Waals surface area contributed by atoms with E-state index in [0.717, 1.165) is 16.6 Å². The van der Waals surface area contributed by atoms with Gasteiger partial charge in [-0.15, -0.1) is 0 Å². The molecule has 1 aromatic heterocycles. The Hall–Kier alpha value is -2.61. The van der Waals surface area contributed by atoms with E-state index < -0.39 is 6.03 Å². The van der Waals surface area contributed by atoms with Gasteiger partial charge in [-0.3, -0.25) is 19.7 Å². The number of anilines is 2. The fourth-order valence-corrected chi connectivity index (χ4v) is 2.51. The highest BCUT2D eigenvalue weighted by Crippen LogP contribution is 2.29. The van der Waals surface area contributed by atoms with E-state index in [1.807, 2.05) is 18.2 Å². The maximum Gasteiger partial charge on any atom is 0.329 e. The van der Waals surface area contributed by atoms with Crippen LogP contribution in [-0.2, 0) is 11.8 Å². The maximum absolute atomic E-state index is 12.0. The Morgan fingerprint density at radius 2 is 2.23 bits per heavy atom. The quantitative estimate of drug-likeness (QED) is 0.760. The molecule has 8 nitrogen and oxygen atoms in total. The molecule has 0 spiro atoms. The van der Waals surface area contributed by atoms with Crippen molar-refractivity contribution in [3.63, 3.8) is 0 Å². The molecular weight excluding hydrogens is 286 g/mol. The minimum absolute atomic E-state index is 0.0522. The number of aliphatic hydroxyl groups excluding tert-OH is 1. The maximum atomic E-state index is 12.0. The minimum Gasteiger partial charge on any atom is -0.395 e. The third kappa shape index (κ3) is 2.48. The SMILES string of the molecule is Cn1nc(N2CCC(=O)NC2=O)c2ccc(NCCO)cc21. The molecule has 0 radical (unpaired) electrons. The fraction of sp³-hybridized carbons (Fsp3) is 0.357. The monoisotopic (exact) mass is 303 g/mol. The van der Waals surface area contributed by atoms with E-state index in [0.29, 0.717) is 18.9 Å². The first-order valence-corrected chi connectivity index (χ1v) is 7.03. The standard InChI is InChI=1S/C14H17N5O3/c1-18-11-8-9(15-5-7-20)2-3-10(11)13(17-18)19-6-4-12(21)16-14(19)22/h2-3,8,15,20H,4-7H2,1H3,(H,16,21,22). The van der Waals surface area contributed by atoms with Gasteiger partial charge in [0.15, 0.2) is 5.82 Å². The van der Waals surface area contributed by atoms with Gasteiger partial charge in [-0.1, -0.05) is 0 Å². The fourth-order valence-electron chi connectivity index (χ4n) is 2.51. The number of fused-ring (bicyclic) bond motifs is 1. The smallest absolute Gasteiger partial charge is 0.329 e. The lowest BCUT2D eigenvalue weighted by molar-refractivity contribution is -0.120. The van der Waals surface area contributed by atoms with Crippen LogP contribution < -0.4 is 15.5 Å². The lowest BCUT2D eigenvalue weighted by atomic mass is 10.2. The van der Waals surface area contributed by atoms with Crippen molar-refractivity contribution in [3.8, 4) is 0 Å². The summed E-state index contributed by atoms with van der Waals surface area (Å²) in [6.45, 7) is 0.838. The number of carbonyl (C=O) groups excluding carboxylic acids is 2. The van der Waals surface area contributed by atoms with Crippen LogP contribution in [0, 0.1) is 0 Å². The van der Waals surface area contributed by atoms with Crippen LogP contribution in [0.25, 0.3) is 10.9 Å². The predicted molar refractivity (Wildman–Crippen MR) is 81.8 cm³/mol. The van der Waals surface area contributed by atoms with Gasteiger partial charge in [-0.05, 0) is 18.2 Å². The van der Waals surface area contributed by atoms with E-state index in [1.54, 1.807) is 11.7 Å². The van der Waals surface area contributed by atoms with Crippen LogP contribution in [0.2, 0.25) is 0 Å². The van der Waals surface area contributed by atoms with E-state index in [1.165, 1.54) is 4.90 Å². The number of urea groups is 1. The summed E-state index contributed by atoms with van der Waals surface area (Å²) in [5.74, 6) is 0.271. The van der Waals surface area contributed by atoms with E-state index in [9.17, 15) is 9.59 Å². The van der Waals surface area contributed by atoms with Crippen molar-refractivity contribution in [2.75, 3.05) is 29.9 Å². The second kappa shape index (κ2) is 5.64. The molecule has 0 saturated carbocycles. The first kappa shape index (κ1) is 14.3. The minimum atomic E-state index is -0.446. The largest absolute Gasteiger partial charge is 0.395 e. The van der Waals surface area contributed by atoms with Crippen molar-refractivity contribution in [1.29, 1.82) is 0 Å². The molecule has 1 aromatic carbocycles. The number of aromatic nitrogens is 2. The Morgan fingerprint density at radius 1 is 1.41 bits per heavy atom. The van der Waals surface area contributed by atoms with Crippen molar-refractivity contribution in [1.82, 2.24) is 15.1 Å². The van der Waals surface area contributed by atoms with Gasteiger partial charge in [0.2, 0.25) is 5.91 Å². The van der Waals surface area contributed by atoms with Crippen molar-refractivity contribution in [2.24, 2.45) is 7.05 Å². The topological polar surface area (TPSA) is 99.5 Å². The lowest BCUT2D eigenvalue weighted by Crippen LogP contribution is -2.49. The van der Waals surface area contributed by atoms with Crippen LogP contribution in [0.4, 0.5) is 16.3 Å². The summed E-state index contributed by atoms with van der Waals surface area (Å²) in [6, 6.07) is 5.21. The Balaban J connectivity index is 1.97. The molecule has 2 heterocycles. The summed E-state index contributed by atoms with van der Waals surface area (Å²) < 4.78 is 1.69. The number of imide groups is 1. The second-order valence-corrected chi connectivity index (χ2v) is 5.08. The summed E-state index contributed by atoms with van der Waals surface area (Å²) in [5.41, 5.74) is 1.73. The Kier molecular flexibility index (Phi) is 3.68. The molecule has 0 bridgehead atoms. The number of aliphatic hydroxyl groups is 1. The number of carbonyl (C=O) groups is 2. The lowest BCUT2D eigenvalue weighted by Gasteiger charge is -2.24. The molecule has 1 saturated heterocycles. The molecule has 3 amide bonds. The van der Waals surface area contributed by atoms with Crippen molar-refractivity contribution < 1.29 is 14.7 Å². The molecule has 22 heavy (non-hydrogen) atoms. The Labute approximate surface area is 126 Å². The van der Waals surface area contributed by atoms with Gasteiger partial charge in [-0.25, -0.2) is 4.79 Å². The van der Waals surface area contributed by atoms with Crippen LogP contribution >= 0.6 is 0 Å². The summed E-state index contributed by atoms with van der Waals surface area (Å²) in [6.07, 6.45) is 0.264. The summed E-state index contributed by atoms with van der Waals surface area (Å²) in [4.78, 5) is 24.7. The highest BCUT2D eigenvalue weighted by Gasteiger charge is 2.27. The third-order valence-electron chi connectivity index (χ3n) is 3.58. The zero-order chi connectivity index (χ0) is 15.7. The van der Waals surface area contributed by atoms with Gasteiger partial charge in [0, 0.05) is 37.6 Å². The normalized spacial score (nSPS) is 15.3. The van der Waals surface area contributed by atoms with Gasteiger partial charge < -0.3 is 10.4 Å². The van der Waals surface area contributed by atoms with Crippen molar-refractivity contribution in [2.45, 2.75) is 6.42 Å². The van der Waals surface area contributed by atoms with E-state index in [-0.39, 0.29) is 18.9 Å². The number of amides is 3. The molecule has 0 unspecified atom stereocenters. The van der Waals surface area contributed by atoms with Gasteiger partial charge in [-0.2, -0.15) is 5.10 Å². The molecule has 1 aliphatic rings. The molecule has 116 valence electrons. The molecule has 3 rings (SSSR count). The number of benzene rings is 1. The van der Waals surface area contributed by atoms with Gasteiger partial charge >= 0.3 is 6.03 Å². The number of aryl methyl sites for hydroxylation is 1. The Bertz CT molecular complexity index is 739. The molecule has 0 aliphatic carbocycles. The Morgan fingerprint density at radius 3 is 2.95 bits per heavy atom. The van der Waals surface area contributed by atoms with E-state index >= 15 is 0 Å². The average molecular weight is 303 g/mol. The first-order chi connectivity index (χ1) is 10.6. The average Bonchev–Trinajstić information content (AvgIpc) is 2.82. The zero-order valence-corrected chi connectivity index (χ0v) is 12.2. The predicted octanol–water partition coefficient (Wildman–Crippen LogP) is 0.424. The molecular formula is C14H17N5O3. The number of hydrogen-bond donors (Lipinski definition) is 3. The van der Waals surface area contributed by atoms with Gasteiger partial charge in [0.1, 0.15) is 0 Å². The molecule has 0 atom stereocenters. The highest BCUT2D eigenvalue weighted by atomic mass is 16.3. The van der Waals surface area contributed by atoms with Crippen LogP contribution in [0.3, 0.4) is 0 Å². The number of rotatable bonds is 4. The van der Waals surface area contributed by atoms with Crippen LogP contribution in [0.15, 0.2) is 18.2 Å².